The van der Waals surface area contributed by atoms with E-state index in [1.807, 2.05) is 30.9 Å². The molecule has 0 spiro atoms. The minimum absolute atomic E-state index is 0.668. The van der Waals surface area contributed by atoms with Crippen molar-refractivity contribution in [3.63, 3.8) is 0 Å². The minimum atomic E-state index is 0.668. The summed E-state index contributed by atoms with van der Waals surface area (Å²) in [6.07, 6.45) is 12.9. The van der Waals surface area contributed by atoms with Crippen LogP contribution in [0.5, 0.6) is 0 Å². The smallest absolute Gasteiger partial charge is 0.0945 e. The zero-order valence-electron chi connectivity index (χ0n) is 15.2. The molecule has 0 bridgehead atoms. The molecule has 134 valence electrons. The molecule has 0 radical (unpaired) electrons. The van der Waals surface area contributed by atoms with E-state index in [4.69, 9.17) is 0 Å². The van der Waals surface area contributed by atoms with Gasteiger partial charge < -0.3 is 4.57 Å². The highest BCUT2D eigenvalue weighted by molar-refractivity contribution is 5.58. The fourth-order valence-electron chi connectivity index (χ4n) is 3.86. The van der Waals surface area contributed by atoms with Gasteiger partial charge in [-0.15, -0.1) is 0 Å². The van der Waals surface area contributed by atoms with E-state index in [9.17, 15) is 0 Å². The molecule has 3 aromatic rings. The first-order valence-corrected chi connectivity index (χ1v) is 9.58. The largest absolute Gasteiger partial charge is 0.337 e. The summed E-state index contributed by atoms with van der Waals surface area (Å²) in [6.45, 7) is 3.30. The van der Waals surface area contributed by atoms with E-state index in [0.717, 1.165) is 18.8 Å². The number of piperidine rings is 1. The topological polar surface area (TPSA) is 34.0 Å². The van der Waals surface area contributed by atoms with E-state index in [1.165, 1.54) is 43.4 Å². The first kappa shape index (κ1) is 17.0. The van der Waals surface area contributed by atoms with Crippen molar-refractivity contribution >= 4 is 0 Å². The molecule has 0 N–H and O–H groups in total. The molecule has 1 unspecified atom stereocenters. The Kier molecular flexibility index (Phi) is 5.41. The molecule has 2 aromatic heterocycles. The molecular weight excluding hydrogens is 320 g/mol. The lowest BCUT2D eigenvalue weighted by atomic mass is 9.98. The van der Waals surface area contributed by atoms with Crippen LogP contribution in [0.1, 0.15) is 31.2 Å². The van der Waals surface area contributed by atoms with Crippen LogP contribution < -0.4 is 0 Å². The molecule has 0 aliphatic carbocycles. The third-order valence-electron chi connectivity index (χ3n) is 5.33. The van der Waals surface area contributed by atoms with Crippen molar-refractivity contribution in [2.75, 3.05) is 6.54 Å². The van der Waals surface area contributed by atoms with E-state index < -0.39 is 0 Å². The number of imidazole rings is 1. The Morgan fingerprint density at radius 2 is 1.92 bits per heavy atom. The van der Waals surface area contributed by atoms with Crippen LogP contribution in [0.2, 0.25) is 0 Å². The van der Waals surface area contributed by atoms with E-state index in [0.29, 0.717) is 6.04 Å². The molecule has 26 heavy (non-hydrogen) atoms. The van der Waals surface area contributed by atoms with Crippen LogP contribution in [0.4, 0.5) is 0 Å². The fraction of sp³-hybridized carbons (Fsp3) is 0.364. The Hall–Kier alpha value is -2.46. The number of hydrogen-bond acceptors (Lipinski definition) is 3. The predicted molar refractivity (Wildman–Crippen MR) is 105 cm³/mol. The Morgan fingerprint density at radius 1 is 1.00 bits per heavy atom. The number of likely N-dealkylation sites (tertiary alicyclic amines) is 1. The van der Waals surface area contributed by atoms with E-state index in [-0.39, 0.29) is 0 Å². The summed E-state index contributed by atoms with van der Waals surface area (Å²) in [4.78, 5) is 11.3. The highest BCUT2D eigenvalue weighted by atomic mass is 15.2. The maximum Gasteiger partial charge on any atom is 0.0945 e. The summed E-state index contributed by atoms with van der Waals surface area (Å²) in [5, 5.41) is 0. The zero-order valence-corrected chi connectivity index (χ0v) is 15.2. The fourth-order valence-corrected chi connectivity index (χ4v) is 3.86. The van der Waals surface area contributed by atoms with Crippen LogP contribution in [0.25, 0.3) is 11.3 Å². The maximum atomic E-state index is 4.44. The first-order valence-electron chi connectivity index (χ1n) is 9.58. The Bertz CT molecular complexity index is 781. The first-order chi connectivity index (χ1) is 12.9. The molecule has 3 heterocycles. The van der Waals surface area contributed by atoms with Crippen molar-refractivity contribution in [2.24, 2.45) is 0 Å². The molecule has 0 saturated carbocycles. The van der Waals surface area contributed by atoms with Gasteiger partial charge in [0.1, 0.15) is 0 Å². The highest BCUT2D eigenvalue weighted by Crippen LogP contribution is 2.24. The Morgan fingerprint density at radius 3 is 2.69 bits per heavy atom. The molecule has 4 nitrogen and oxygen atoms in total. The van der Waals surface area contributed by atoms with Gasteiger partial charge in [0.2, 0.25) is 0 Å². The van der Waals surface area contributed by atoms with Crippen LogP contribution in [0.3, 0.4) is 0 Å². The van der Waals surface area contributed by atoms with E-state index in [2.05, 4.69) is 56.0 Å². The Balaban J connectivity index is 1.39. The van der Waals surface area contributed by atoms with Gasteiger partial charge in [0.25, 0.3) is 0 Å². The van der Waals surface area contributed by atoms with Gasteiger partial charge in [-0.1, -0.05) is 36.8 Å². The second kappa shape index (κ2) is 8.28. The number of rotatable bonds is 6. The summed E-state index contributed by atoms with van der Waals surface area (Å²) in [6, 6.07) is 15.6. The van der Waals surface area contributed by atoms with Crippen molar-refractivity contribution < 1.29 is 0 Å². The monoisotopic (exact) mass is 346 g/mol. The summed E-state index contributed by atoms with van der Waals surface area (Å²) in [7, 11) is 0. The van der Waals surface area contributed by atoms with Gasteiger partial charge in [-0.25, -0.2) is 4.98 Å². The number of aromatic nitrogens is 3. The number of aryl methyl sites for hydroxylation is 1. The SMILES string of the molecule is c1ccc(-c2ccc(CN3CCCCC3CCn3ccnc3)cc2)nc1. The van der Waals surface area contributed by atoms with Crippen LogP contribution in [-0.4, -0.2) is 32.0 Å². The van der Waals surface area contributed by atoms with Crippen LogP contribution in [-0.2, 0) is 13.1 Å². The van der Waals surface area contributed by atoms with Crippen molar-refractivity contribution in [3.05, 3.63) is 72.9 Å². The van der Waals surface area contributed by atoms with Gasteiger partial charge in [-0.05, 0) is 43.5 Å². The third kappa shape index (κ3) is 4.20. The van der Waals surface area contributed by atoms with Crippen LogP contribution in [0.15, 0.2) is 67.4 Å². The molecule has 4 heteroatoms. The molecular formula is C22H26N4. The van der Waals surface area contributed by atoms with Gasteiger partial charge in [-0.2, -0.15) is 0 Å². The molecule has 1 aromatic carbocycles. The molecule has 1 aliphatic heterocycles. The lowest BCUT2D eigenvalue weighted by Crippen LogP contribution is -2.39. The highest BCUT2D eigenvalue weighted by Gasteiger charge is 2.22. The molecule has 1 aliphatic rings. The lowest BCUT2D eigenvalue weighted by molar-refractivity contribution is 0.128. The van der Waals surface area contributed by atoms with Gasteiger partial charge in [0.15, 0.2) is 0 Å². The predicted octanol–water partition coefficient (Wildman–Crippen LogP) is 4.39. The van der Waals surface area contributed by atoms with Gasteiger partial charge in [0, 0.05) is 43.3 Å². The average molecular weight is 346 g/mol. The third-order valence-corrected chi connectivity index (χ3v) is 5.33. The Labute approximate surface area is 155 Å². The number of pyridine rings is 1. The molecule has 1 atom stereocenters. The van der Waals surface area contributed by atoms with Crippen LogP contribution >= 0.6 is 0 Å². The zero-order chi connectivity index (χ0) is 17.6. The maximum absolute atomic E-state index is 4.44. The lowest BCUT2D eigenvalue weighted by Gasteiger charge is -2.36. The molecule has 1 fully saturated rings. The van der Waals surface area contributed by atoms with Crippen molar-refractivity contribution in [2.45, 2.75) is 44.8 Å². The molecule has 1 saturated heterocycles. The number of nitrogens with zero attached hydrogens (tertiary/aromatic N) is 4. The minimum Gasteiger partial charge on any atom is -0.337 e. The summed E-state index contributed by atoms with van der Waals surface area (Å²) in [5.74, 6) is 0. The van der Waals surface area contributed by atoms with Gasteiger partial charge >= 0.3 is 0 Å². The normalized spacial score (nSPS) is 18.1. The number of benzene rings is 1. The van der Waals surface area contributed by atoms with Gasteiger partial charge in [-0.3, -0.25) is 9.88 Å². The second-order valence-corrected chi connectivity index (χ2v) is 7.12. The van der Waals surface area contributed by atoms with Gasteiger partial charge in [0.05, 0.1) is 12.0 Å². The average Bonchev–Trinajstić information content (AvgIpc) is 3.22. The van der Waals surface area contributed by atoms with Crippen molar-refractivity contribution in [3.8, 4) is 11.3 Å². The van der Waals surface area contributed by atoms with E-state index >= 15 is 0 Å². The van der Waals surface area contributed by atoms with Crippen molar-refractivity contribution in [1.82, 2.24) is 19.4 Å². The second-order valence-electron chi connectivity index (χ2n) is 7.12. The molecule has 4 rings (SSSR count). The van der Waals surface area contributed by atoms with Crippen LogP contribution in [0, 0.1) is 0 Å². The number of hydrogen-bond donors (Lipinski definition) is 0. The summed E-state index contributed by atoms with van der Waals surface area (Å²) < 4.78 is 2.19. The van der Waals surface area contributed by atoms with Crippen molar-refractivity contribution in [1.29, 1.82) is 0 Å². The quantitative estimate of drug-likeness (QED) is 0.664. The molecule has 0 amide bonds. The summed E-state index contributed by atoms with van der Waals surface area (Å²) >= 11 is 0. The standard InChI is InChI=1S/C22H26N4/c1-3-12-24-22(6-1)20-9-7-19(8-10-20)17-26-14-4-2-5-21(26)11-15-25-16-13-23-18-25/h1,3,6-10,12-13,16,18,21H,2,4-5,11,14-15,17H2. The summed E-state index contributed by atoms with van der Waals surface area (Å²) in [5.41, 5.74) is 3.61. The van der Waals surface area contributed by atoms with E-state index in [1.54, 1.807) is 0 Å².